The van der Waals surface area contributed by atoms with Gasteiger partial charge in [0.2, 0.25) is 5.88 Å². The minimum Gasteiger partial charge on any atom is -0.494 e. The lowest BCUT2D eigenvalue weighted by Crippen LogP contribution is -2.58. The Hall–Kier alpha value is -3.12. The zero-order valence-corrected chi connectivity index (χ0v) is 20.1. The number of hydrogen-bond acceptors (Lipinski definition) is 5. The average Bonchev–Trinajstić information content (AvgIpc) is 2.73. The van der Waals surface area contributed by atoms with Crippen LogP contribution in [-0.2, 0) is 0 Å². The molecule has 4 rings (SSSR count). The highest BCUT2D eigenvalue weighted by Crippen LogP contribution is 2.31. The van der Waals surface area contributed by atoms with Crippen molar-refractivity contribution in [2.24, 2.45) is 4.99 Å². The van der Waals surface area contributed by atoms with Crippen molar-refractivity contribution < 1.29 is 9.84 Å². The van der Waals surface area contributed by atoms with Gasteiger partial charge in [-0.25, -0.2) is 4.57 Å². The Labute approximate surface area is 194 Å². The van der Waals surface area contributed by atoms with Crippen LogP contribution in [0.1, 0.15) is 53.0 Å². The van der Waals surface area contributed by atoms with Crippen molar-refractivity contribution in [3.63, 3.8) is 0 Å². The van der Waals surface area contributed by atoms with E-state index < -0.39 is 0 Å². The summed E-state index contributed by atoms with van der Waals surface area (Å²) in [4.78, 5) is 18.2. The Kier molecular flexibility index (Phi) is 6.06. The molecule has 0 atom stereocenters. The van der Waals surface area contributed by atoms with Crippen LogP contribution in [0, 0.1) is 0 Å². The molecule has 0 bridgehead atoms. The van der Waals surface area contributed by atoms with Crippen LogP contribution >= 0.6 is 0 Å². The SMILES string of the molecule is CCOc1ccc(-n2c(O)c(C=NC3CC(C)(C)NC(C)(C)C3)c3ccccc3c2=O)cc1. The summed E-state index contributed by atoms with van der Waals surface area (Å²) in [5.74, 6) is 0.603. The molecule has 2 heterocycles. The summed E-state index contributed by atoms with van der Waals surface area (Å²) in [6, 6.07) is 14.6. The number of ether oxygens (including phenoxy) is 1. The minimum absolute atomic E-state index is 0.0328. The van der Waals surface area contributed by atoms with Crippen molar-refractivity contribution in [3.8, 4) is 17.3 Å². The molecule has 0 aliphatic carbocycles. The first-order valence-electron chi connectivity index (χ1n) is 11.5. The molecule has 2 N–H and O–H groups in total. The molecule has 0 radical (unpaired) electrons. The standard InChI is InChI=1S/C27H33N3O3/c1-6-33-20-13-11-19(12-14-20)30-24(31)22-10-8-7-9-21(22)23(25(30)32)17-28-18-15-26(2,3)29-27(4,5)16-18/h7-14,17-18,29,32H,6,15-16H2,1-5H3. The van der Waals surface area contributed by atoms with E-state index in [1.54, 1.807) is 36.5 Å². The number of nitrogens with zero attached hydrogens (tertiary/aromatic N) is 2. The monoisotopic (exact) mass is 447 g/mol. The quantitative estimate of drug-likeness (QED) is 0.550. The lowest BCUT2D eigenvalue weighted by molar-refractivity contribution is 0.164. The summed E-state index contributed by atoms with van der Waals surface area (Å²) in [5.41, 5.74) is 0.788. The second-order valence-corrected chi connectivity index (χ2v) is 10.1. The lowest BCUT2D eigenvalue weighted by atomic mass is 9.80. The van der Waals surface area contributed by atoms with Gasteiger partial charge in [0, 0.05) is 28.1 Å². The van der Waals surface area contributed by atoms with Gasteiger partial charge >= 0.3 is 0 Å². The Bertz CT molecular complexity index is 1220. The maximum atomic E-state index is 13.3. The topological polar surface area (TPSA) is 75.8 Å². The van der Waals surface area contributed by atoms with Gasteiger partial charge in [-0.05, 0) is 77.8 Å². The number of aromatic nitrogens is 1. The van der Waals surface area contributed by atoms with Crippen LogP contribution in [0.15, 0.2) is 58.3 Å². The molecular formula is C27H33N3O3. The molecule has 0 unspecified atom stereocenters. The maximum absolute atomic E-state index is 13.3. The van der Waals surface area contributed by atoms with Gasteiger partial charge in [0.1, 0.15) is 5.75 Å². The van der Waals surface area contributed by atoms with Crippen LogP contribution < -0.4 is 15.6 Å². The van der Waals surface area contributed by atoms with E-state index in [-0.39, 0.29) is 28.6 Å². The Morgan fingerprint density at radius 2 is 1.67 bits per heavy atom. The van der Waals surface area contributed by atoms with Crippen molar-refractivity contribution in [3.05, 3.63) is 64.4 Å². The Morgan fingerprint density at radius 3 is 2.27 bits per heavy atom. The van der Waals surface area contributed by atoms with Gasteiger partial charge in [0.25, 0.3) is 5.56 Å². The first kappa shape index (κ1) is 23.1. The normalized spacial score (nSPS) is 18.1. The van der Waals surface area contributed by atoms with E-state index in [1.165, 1.54) is 4.57 Å². The molecule has 3 aromatic rings. The third-order valence-corrected chi connectivity index (χ3v) is 6.09. The van der Waals surface area contributed by atoms with Gasteiger partial charge in [-0.2, -0.15) is 0 Å². The summed E-state index contributed by atoms with van der Waals surface area (Å²) in [5, 5.41) is 16.2. The fourth-order valence-corrected chi connectivity index (χ4v) is 5.14. The van der Waals surface area contributed by atoms with Crippen molar-refractivity contribution in [2.45, 2.75) is 64.6 Å². The smallest absolute Gasteiger partial charge is 0.265 e. The number of hydrogen-bond donors (Lipinski definition) is 2. The van der Waals surface area contributed by atoms with Gasteiger partial charge in [-0.1, -0.05) is 18.2 Å². The van der Waals surface area contributed by atoms with Crippen LogP contribution in [0.25, 0.3) is 16.5 Å². The summed E-state index contributed by atoms with van der Waals surface area (Å²) in [7, 11) is 0. The van der Waals surface area contributed by atoms with Crippen molar-refractivity contribution in [1.29, 1.82) is 0 Å². The first-order chi connectivity index (χ1) is 15.6. The van der Waals surface area contributed by atoms with E-state index in [0.717, 1.165) is 12.8 Å². The number of nitrogens with one attached hydrogen (secondary N) is 1. The number of aliphatic imine (C=N–C) groups is 1. The summed E-state index contributed by atoms with van der Waals surface area (Å²) in [6.07, 6.45) is 3.53. The van der Waals surface area contributed by atoms with Crippen LogP contribution in [0.5, 0.6) is 11.6 Å². The molecule has 1 aliphatic heterocycles. The molecule has 0 amide bonds. The fraction of sp³-hybridized carbons (Fsp3) is 0.407. The second-order valence-electron chi connectivity index (χ2n) is 10.1. The zero-order valence-electron chi connectivity index (χ0n) is 20.1. The molecule has 33 heavy (non-hydrogen) atoms. The molecular weight excluding hydrogens is 414 g/mol. The van der Waals surface area contributed by atoms with Crippen LogP contribution in [0.3, 0.4) is 0 Å². The van der Waals surface area contributed by atoms with E-state index >= 15 is 0 Å². The van der Waals surface area contributed by atoms with Crippen LogP contribution in [0.4, 0.5) is 0 Å². The lowest BCUT2D eigenvalue weighted by Gasteiger charge is -2.45. The third kappa shape index (κ3) is 4.81. The molecule has 1 saturated heterocycles. The van der Waals surface area contributed by atoms with Crippen LogP contribution in [-0.4, -0.2) is 39.6 Å². The second kappa shape index (κ2) is 8.67. The number of aromatic hydroxyl groups is 1. The van der Waals surface area contributed by atoms with E-state index in [9.17, 15) is 9.90 Å². The maximum Gasteiger partial charge on any atom is 0.265 e. The van der Waals surface area contributed by atoms with E-state index in [2.05, 4.69) is 33.0 Å². The summed E-state index contributed by atoms with van der Waals surface area (Å²) in [6.45, 7) is 11.2. The van der Waals surface area contributed by atoms with Gasteiger partial charge in [-0.15, -0.1) is 0 Å². The van der Waals surface area contributed by atoms with Gasteiger partial charge in [0.05, 0.1) is 23.9 Å². The fourth-order valence-electron chi connectivity index (χ4n) is 5.14. The van der Waals surface area contributed by atoms with Gasteiger partial charge in [0.15, 0.2) is 0 Å². The number of benzene rings is 2. The van der Waals surface area contributed by atoms with E-state index in [0.29, 0.717) is 34.4 Å². The molecule has 0 saturated carbocycles. The molecule has 6 heteroatoms. The summed E-state index contributed by atoms with van der Waals surface area (Å²) >= 11 is 0. The van der Waals surface area contributed by atoms with E-state index in [4.69, 9.17) is 9.73 Å². The molecule has 1 aromatic heterocycles. The summed E-state index contributed by atoms with van der Waals surface area (Å²) < 4.78 is 6.86. The predicted octanol–water partition coefficient (Wildman–Crippen LogP) is 4.82. The highest BCUT2D eigenvalue weighted by Gasteiger charge is 2.37. The number of piperidine rings is 1. The average molecular weight is 448 g/mol. The van der Waals surface area contributed by atoms with Crippen molar-refractivity contribution in [2.75, 3.05) is 6.61 Å². The van der Waals surface area contributed by atoms with Crippen molar-refractivity contribution in [1.82, 2.24) is 9.88 Å². The number of pyridine rings is 1. The van der Waals surface area contributed by atoms with Crippen molar-refractivity contribution >= 4 is 17.0 Å². The third-order valence-electron chi connectivity index (χ3n) is 6.09. The Morgan fingerprint density at radius 1 is 1.06 bits per heavy atom. The van der Waals surface area contributed by atoms with E-state index in [1.807, 2.05) is 25.1 Å². The zero-order chi connectivity index (χ0) is 23.8. The molecule has 1 aliphatic rings. The predicted molar refractivity (Wildman–Crippen MR) is 134 cm³/mol. The number of fused-ring (bicyclic) bond motifs is 1. The van der Waals surface area contributed by atoms with Crippen LogP contribution in [0.2, 0.25) is 0 Å². The highest BCUT2D eigenvalue weighted by atomic mass is 16.5. The van der Waals surface area contributed by atoms with Gasteiger partial charge in [-0.3, -0.25) is 9.79 Å². The highest BCUT2D eigenvalue weighted by molar-refractivity contribution is 6.01. The molecule has 1 fully saturated rings. The largest absolute Gasteiger partial charge is 0.494 e. The van der Waals surface area contributed by atoms with Gasteiger partial charge < -0.3 is 15.2 Å². The number of rotatable bonds is 5. The molecule has 174 valence electrons. The Balaban J connectivity index is 1.81. The first-order valence-corrected chi connectivity index (χ1v) is 11.5. The molecule has 0 spiro atoms. The molecule has 6 nitrogen and oxygen atoms in total. The minimum atomic E-state index is -0.270. The molecule has 2 aromatic carbocycles.